The Balaban J connectivity index is 2.61. The summed E-state index contributed by atoms with van der Waals surface area (Å²) in [7, 11) is 2.12. The van der Waals surface area contributed by atoms with E-state index in [0.29, 0.717) is 6.54 Å². The lowest BCUT2D eigenvalue weighted by atomic mass is 10.00. The molecule has 0 fully saturated rings. The number of nitrogens with two attached hydrogens (primary N) is 1. The first-order valence-electron chi connectivity index (χ1n) is 5.48. The maximum Gasteiger partial charge on any atom is 0.118 e. The molecule has 3 nitrogen and oxygen atoms in total. The van der Waals surface area contributed by atoms with Crippen molar-refractivity contribution in [2.24, 2.45) is 5.73 Å². The van der Waals surface area contributed by atoms with E-state index in [1.807, 2.05) is 12.1 Å². The van der Waals surface area contributed by atoms with Crippen LogP contribution in [0.5, 0.6) is 0 Å². The van der Waals surface area contributed by atoms with E-state index in [9.17, 15) is 0 Å². The number of hydrogen-bond acceptors (Lipinski definition) is 3. The highest BCUT2D eigenvalue weighted by Crippen LogP contribution is 2.19. The summed E-state index contributed by atoms with van der Waals surface area (Å²) >= 11 is 0. The van der Waals surface area contributed by atoms with Crippen molar-refractivity contribution < 1.29 is 4.42 Å². The van der Waals surface area contributed by atoms with Crippen molar-refractivity contribution in [2.75, 3.05) is 7.05 Å². The Labute approximate surface area is 92.2 Å². The molecule has 0 aromatic carbocycles. The van der Waals surface area contributed by atoms with Crippen LogP contribution in [0, 0.1) is 0 Å². The molecule has 0 aliphatic rings. The zero-order valence-electron chi connectivity index (χ0n) is 10.2. The van der Waals surface area contributed by atoms with Crippen LogP contribution in [0.1, 0.15) is 38.7 Å². The second kappa shape index (κ2) is 4.81. The maximum absolute atomic E-state index is 5.58. The molecule has 1 heterocycles. The van der Waals surface area contributed by atoms with E-state index >= 15 is 0 Å². The topological polar surface area (TPSA) is 42.4 Å². The fourth-order valence-electron chi connectivity index (χ4n) is 1.33. The van der Waals surface area contributed by atoms with Gasteiger partial charge in [0.05, 0.1) is 13.1 Å². The van der Waals surface area contributed by atoms with Crippen LogP contribution in [0.4, 0.5) is 0 Å². The van der Waals surface area contributed by atoms with Gasteiger partial charge in [0.1, 0.15) is 11.5 Å². The molecule has 0 spiro atoms. The summed E-state index contributed by atoms with van der Waals surface area (Å²) in [5.41, 5.74) is 5.70. The lowest BCUT2D eigenvalue weighted by molar-refractivity contribution is 0.132. The summed E-state index contributed by atoms with van der Waals surface area (Å²) < 4.78 is 5.58. The largest absolute Gasteiger partial charge is 0.463 e. The van der Waals surface area contributed by atoms with Crippen LogP contribution in [0.15, 0.2) is 16.5 Å². The Kier molecular flexibility index (Phi) is 3.94. The first-order chi connectivity index (χ1) is 6.99. The molecular weight excluding hydrogens is 188 g/mol. The van der Waals surface area contributed by atoms with Gasteiger partial charge in [-0.1, -0.05) is 6.92 Å². The summed E-state index contributed by atoms with van der Waals surface area (Å²) in [5, 5.41) is 0. The third kappa shape index (κ3) is 3.08. The van der Waals surface area contributed by atoms with Crippen LogP contribution in [0.25, 0.3) is 0 Å². The molecule has 0 aliphatic heterocycles. The molecule has 2 N–H and O–H groups in total. The van der Waals surface area contributed by atoms with Crippen molar-refractivity contribution in [1.82, 2.24) is 4.90 Å². The van der Waals surface area contributed by atoms with Gasteiger partial charge < -0.3 is 10.2 Å². The van der Waals surface area contributed by atoms with Gasteiger partial charge in [-0.05, 0) is 39.4 Å². The summed E-state index contributed by atoms with van der Waals surface area (Å²) in [4.78, 5) is 2.30. The molecule has 0 unspecified atom stereocenters. The Morgan fingerprint density at radius 1 is 1.33 bits per heavy atom. The van der Waals surface area contributed by atoms with Gasteiger partial charge in [-0.25, -0.2) is 0 Å². The van der Waals surface area contributed by atoms with Crippen molar-refractivity contribution in [2.45, 2.75) is 45.8 Å². The van der Waals surface area contributed by atoms with E-state index in [0.717, 1.165) is 24.5 Å². The van der Waals surface area contributed by atoms with Gasteiger partial charge in [0.15, 0.2) is 0 Å². The van der Waals surface area contributed by atoms with E-state index in [1.54, 1.807) is 0 Å². The smallest absolute Gasteiger partial charge is 0.118 e. The number of hydrogen-bond donors (Lipinski definition) is 1. The third-order valence-electron chi connectivity index (χ3n) is 3.21. The van der Waals surface area contributed by atoms with Crippen LogP contribution in [0.3, 0.4) is 0 Å². The van der Waals surface area contributed by atoms with E-state index in [-0.39, 0.29) is 5.54 Å². The van der Waals surface area contributed by atoms with Gasteiger partial charge in [0, 0.05) is 5.54 Å². The number of nitrogens with zero attached hydrogens (tertiary/aromatic N) is 1. The van der Waals surface area contributed by atoms with Crippen LogP contribution in [0.2, 0.25) is 0 Å². The number of rotatable bonds is 5. The molecule has 0 saturated carbocycles. The van der Waals surface area contributed by atoms with Crippen molar-refractivity contribution >= 4 is 0 Å². The Morgan fingerprint density at radius 2 is 1.93 bits per heavy atom. The van der Waals surface area contributed by atoms with Gasteiger partial charge in [0.2, 0.25) is 0 Å². The molecule has 15 heavy (non-hydrogen) atoms. The van der Waals surface area contributed by atoms with Crippen molar-refractivity contribution in [3.05, 3.63) is 23.7 Å². The van der Waals surface area contributed by atoms with Gasteiger partial charge in [-0.3, -0.25) is 4.90 Å². The SMILES string of the molecule is CCC(C)(C)N(C)Cc1ccc(CN)o1. The predicted octanol–water partition coefficient (Wildman–Crippen LogP) is 2.36. The molecule has 0 amide bonds. The van der Waals surface area contributed by atoms with Gasteiger partial charge in [0.25, 0.3) is 0 Å². The highest BCUT2D eigenvalue weighted by atomic mass is 16.3. The highest BCUT2D eigenvalue weighted by Gasteiger charge is 2.21. The lowest BCUT2D eigenvalue weighted by Crippen LogP contribution is -2.39. The molecule has 0 radical (unpaired) electrons. The second-order valence-electron chi connectivity index (χ2n) is 4.59. The fourth-order valence-corrected chi connectivity index (χ4v) is 1.33. The molecule has 0 bridgehead atoms. The molecule has 0 atom stereocenters. The Bertz CT molecular complexity index is 304. The zero-order chi connectivity index (χ0) is 11.5. The molecule has 0 saturated heterocycles. The van der Waals surface area contributed by atoms with E-state index < -0.39 is 0 Å². The normalized spacial score (nSPS) is 12.4. The number of furan rings is 1. The van der Waals surface area contributed by atoms with Crippen molar-refractivity contribution in [3.63, 3.8) is 0 Å². The van der Waals surface area contributed by atoms with E-state index in [4.69, 9.17) is 10.2 Å². The van der Waals surface area contributed by atoms with Crippen molar-refractivity contribution in [3.8, 4) is 0 Å². The molecule has 86 valence electrons. The van der Waals surface area contributed by atoms with Crippen LogP contribution >= 0.6 is 0 Å². The Hall–Kier alpha value is -0.800. The fraction of sp³-hybridized carbons (Fsp3) is 0.667. The summed E-state index contributed by atoms with van der Waals surface area (Å²) in [6.45, 7) is 7.98. The minimum absolute atomic E-state index is 0.204. The van der Waals surface area contributed by atoms with Crippen LogP contribution in [-0.4, -0.2) is 17.5 Å². The van der Waals surface area contributed by atoms with Crippen LogP contribution in [-0.2, 0) is 13.1 Å². The molecule has 1 aromatic heterocycles. The molecule has 3 heteroatoms. The zero-order valence-corrected chi connectivity index (χ0v) is 10.2. The van der Waals surface area contributed by atoms with Gasteiger partial charge in [-0.15, -0.1) is 0 Å². The molecule has 1 rings (SSSR count). The molecule has 0 aliphatic carbocycles. The van der Waals surface area contributed by atoms with Gasteiger partial charge >= 0.3 is 0 Å². The Morgan fingerprint density at radius 3 is 2.40 bits per heavy atom. The van der Waals surface area contributed by atoms with Crippen molar-refractivity contribution in [1.29, 1.82) is 0 Å². The minimum Gasteiger partial charge on any atom is -0.463 e. The summed E-state index contributed by atoms with van der Waals surface area (Å²) in [5.74, 6) is 1.84. The first-order valence-corrected chi connectivity index (χ1v) is 5.48. The summed E-state index contributed by atoms with van der Waals surface area (Å²) in [6, 6.07) is 3.95. The van der Waals surface area contributed by atoms with Gasteiger partial charge in [-0.2, -0.15) is 0 Å². The average molecular weight is 210 g/mol. The van der Waals surface area contributed by atoms with E-state index in [1.165, 1.54) is 0 Å². The summed E-state index contributed by atoms with van der Waals surface area (Å²) in [6.07, 6.45) is 1.12. The third-order valence-corrected chi connectivity index (χ3v) is 3.21. The monoisotopic (exact) mass is 210 g/mol. The lowest BCUT2D eigenvalue weighted by Gasteiger charge is -2.34. The molecular formula is C12H22N2O. The minimum atomic E-state index is 0.204. The predicted molar refractivity (Wildman–Crippen MR) is 62.4 cm³/mol. The van der Waals surface area contributed by atoms with Crippen LogP contribution < -0.4 is 5.73 Å². The quantitative estimate of drug-likeness (QED) is 0.811. The first kappa shape index (κ1) is 12.3. The maximum atomic E-state index is 5.58. The highest BCUT2D eigenvalue weighted by molar-refractivity contribution is 5.07. The second-order valence-corrected chi connectivity index (χ2v) is 4.59. The molecule has 1 aromatic rings. The van der Waals surface area contributed by atoms with E-state index in [2.05, 4.69) is 32.7 Å². The average Bonchev–Trinajstić information content (AvgIpc) is 2.65. The standard InChI is InChI=1S/C12H22N2O/c1-5-12(2,3)14(4)9-11-7-6-10(8-13)15-11/h6-7H,5,8-9,13H2,1-4H3.